The molecule has 0 aromatic heterocycles. The summed E-state index contributed by atoms with van der Waals surface area (Å²) in [6.07, 6.45) is 0. The average molecular weight is 307 g/mol. The van der Waals surface area contributed by atoms with E-state index in [2.05, 4.69) is 66.6 Å². The van der Waals surface area contributed by atoms with Crippen LogP contribution in [0.4, 0.5) is 0 Å². The molecule has 18 heavy (non-hydrogen) atoms. The van der Waals surface area contributed by atoms with Crippen molar-refractivity contribution >= 4 is 24.7 Å². The van der Waals surface area contributed by atoms with Crippen molar-refractivity contribution in [1.29, 1.82) is 0 Å². The molecule has 110 valence electrons. The average Bonchev–Trinajstić information content (AvgIpc) is 2.13. The first-order chi connectivity index (χ1) is 7.87. The van der Waals surface area contributed by atoms with Gasteiger partial charge in [-0.25, -0.2) is 0 Å². The van der Waals surface area contributed by atoms with Crippen LogP contribution in [0.15, 0.2) is 0 Å². The van der Waals surface area contributed by atoms with Crippen molar-refractivity contribution in [2.24, 2.45) is 0 Å². The summed E-state index contributed by atoms with van der Waals surface area (Å²) in [5.74, 6) is 0. The topological polar surface area (TPSA) is 18.5 Å². The van der Waals surface area contributed by atoms with Crippen LogP contribution in [0.5, 0.6) is 0 Å². The molecular formula is C13H34O2Si3. The van der Waals surface area contributed by atoms with E-state index >= 15 is 0 Å². The van der Waals surface area contributed by atoms with Gasteiger partial charge in [0.15, 0.2) is 0 Å². The molecule has 5 heteroatoms. The molecule has 0 saturated heterocycles. The van der Waals surface area contributed by atoms with Gasteiger partial charge in [-0.2, -0.15) is 0 Å². The molecule has 0 aromatic rings. The van der Waals surface area contributed by atoms with Crippen molar-refractivity contribution in [3.05, 3.63) is 0 Å². The lowest BCUT2D eigenvalue weighted by Gasteiger charge is -2.56. The van der Waals surface area contributed by atoms with E-state index in [9.17, 15) is 0 Å². The standard InChI is InChI=1S/C13H34O2Si3/c1-11-14-18(10,15-12-2)13(3,16(4,5)6)17(7,8)9/h11-12H2,1-10H3. The molecule has 0 atom stereocenters. The molecule has 0 aliphatic rings. The van der Waals surface area contributed by atoms with Crippen LogP contribution in [0.1, 0.15) is 20.8 Å². The molecule has 0 radical (unpaired) electrons. The van der Waals surface area contributed by atoms with E-state index in [4.69, 9.17) is 8.85 Å². The summed E-state index contributed by atoms with van der Waals surface area (Å²) < 4.78 is 12.9. The zero-order chi connectivity index (χ0) is 14.8. The summed E-state index contributed by atoms with van der Waals surface area (Å²) in [4.78, 5) is 0. The van der Waals surface area contributed by atoms with E-state index in [1.807, 2.05) is 0 Å². The van der Waals surface area contributed by atoms with Crippen molar-refractivity contribution in [2.75, 3.05) is 13.2 Å². The molecule has 0 aliphatic heterocycles. The monoisotopic (exact) mass is 306 g/mol. The third-order valence-electron chi connectivity index (χ3n) is 4.75. The Kier molecular flexibility index (Phi) is 6.10. The Morgan fingerprint density at radius 1 is 0.722 bits per heavy atom. The predicted molar refractivity (Wildman–Crippen MR) is 89.9 cm³/mol. The number of hydrogen-bond donors (Lipinski definition) is 0. The smallest absolute Gasteiger partial charge is 0.335 e. The minimum absolute atomic E-state index is 0.305. The van der Waals surface area contributed by atoms with E-state index in [1.165, 1.54) is 0 Å². The summed E-state index contributed by atoms with van der Waals surface area (Å²) in [5.41, 5.74) is 0. The number of hydrogen-bond acceptors (Lipinski definition) is 2. The molecule has 0 heterocycles. The van der Waals surface area contributed by atoms with E-state index in [1.54, 1.807) is 0 Å². The third kappa shape index (κ3) is 3.18. The molecule has 2 nitrogen and oxygen atoms in total. The highest BCUT2D eigenvalue weighted by Crippen LogP contribution is 2.53. The highest BCUT2D eigenvalue weighted by atomic mass is 28.5. The molecule has 0 amide bonds. The summed E-state index contributed by atoms with van der Waals surface area (Å²) in [5, 5.41) is 0. The van der Waals surface area contributed by atoms with Crippen LogP contribution < -0.4 is 0 Å². The van der Waals surface area contributed by atoms with Crippen LogP contribution in [0.3, 0.4) is 0 Å². The Hall–Kier alpha value is 0.571. The minimum Gasteiger partial charge on any atom is -0.395 e. The Balaban J connectivity index is 5.83. The van der Waals surface area contributed by atoms with E-state index in [0.29, 0.717) is 4.28 Å². The molecule has 0 aliphatic carbocycles. The summed E-state index contributed by atoms with van der Waals surface area (Å²) >= 11 is 0. The molecule has 0 fully saturated rings. The second-order valence-electron chi connectivity index (χ2n) is 7.44. The second-order valence-corrected chi connectivity index (χ2v) is 23.4. The largest absolute Gasteiger partial charge is 0.395 e. The lowest BCUT2D eigenvalue weighted by Crippen LogP contribution is -2.68. The van der Waals surface area contributed by atoms with Crippen molar-refractivity contribution in [3.8, 4) is 0 Å². The molecule has 0 spiro atoms. The van der Waals surface area contributed by atoms with Gasteiger partial charge in [-0.1, -0.05) is 46.2 Å². The first-order valence-corrected chi connectivity index (χ1v) is 16.5. The second kappa shape index (κ2) is 5.91. The normalized spacial score (nSPS) is 15.0. The van der Waals surface area contributed by atoms with Gasteiger partial charge >= 0.3 is 8.56 Å². The highest BCUT2D eigenvalue weighted by Gasteiger charge is 2.63. The van der Waals surface area contributed by atoms with E-state index in [-0.39, 0.29) is 0 Å². The van der Waals surface area contributed by atoms with E-state index in [0.717, 1.165) is 13.2 Å². The summed E-state index contributed by atoms with van der Waals surface area (Å²) in [6, 6.07) is 0. The van der Waals surface area contributed by atoms with Gasteiger partial charge in [-0.3, -0.25) is 0 Å². The summed E-state index contributed by atoms with van der Waals surface area (Å²) in [7, 11) is -4.92. The van der Waals surface area contributed by atoms with Crippen LogP contribution in [0.2, 0.25) is 50.1 Å². The number of rotatable bonds is 7. The maximum atomic E-state index is 6.27. The molecule has 0 saturated carbocycles. The lowest BCUT2D eigenvalue weighted by atomic mass is 10.9. The zero-order valence-electron chi connectivity index (χ0n) is 14.2. The molecular weight excluding hydrogens is 272 g/mol. The predicted octanol–water partition coefficient (Wildman–Crippen LogP) is 4.65. The molecule has 0 unspecified atom stereocenters. The first-order valence-electron chi connectivity index (χ1n) is 7.15. The molecule has 0 aromatic carbocycles. The first kappa shape index (κ1) is 18.6. The Morgan fingerprint density at radius 2 is 1.00 bits per heavy atom. The van der Waals surface area contributed by atoms with Crippen LogP contribution in [0, 0.1) is 0 Å². The SMILES string of the molecule is CCO[Si](C)(OCC)C(C)([Si](C)(C)C)[Si](C)(C)C. The fraction of sp³-hybridized carbons (Fsp3) is 1.00. The fourth-order valence-corrected chi connectivity index (χ4v) is 25.9. The summed E-state index contributed by atoms with van der Waals surface area (Å²) in [6.45, 7) is 25.4. The lowest BCUT2D eigenvalue weighted by molar-refractivity contribution is 0.181. The maximum absolute atomic E-state index is 6.27. The van der Waals surface area contributed by atoms with Crippen molar-refractivity contribution < 1.29 is 8.85 Å². The van der Waals surface area contributed by atoms with Crippen LogP contribution in [0.25, 0.3) is 0 Å². The van der Waals surface area contributed by atoms with Gasteiger partial charge < -0.3 is 8.85 Å². The van der Waals surface area contributed by atoms with Gasteiger partial charge in [0, 0.05) is 17.5 Å². The Morgan fingerprint density at radius 3 is 1.17 bits per heavy atom. The van der Waals surface area contributed by atoms with Gasteiger partial charge in [0.1, 0.15) is 0 Å². The molecule has 0 rings (SSSR count). The Bertz CT molecular complexity index is 246. The van der Waals surface area contributed by atoms with Gasteiger partial charge in [0.05, 0.1) is 16.1 Å². The van der Waals surface area contributed by atoms with E-state index < -0.39 is 24.7 Å². The van der Waals surface area contributed by atoms with Crippen LogP contribution in [-0.2, 0) is 8.85 Å². The van der Waals surface area contributed by atoms with Crippen molar-refractivity contribution in [1.82, 2.24) is 0 Å². The molecule has 0 N–H and O–H groups in total. The van der Waals surface area contributed by atoms with Crippen molar-refractivity contribution in [2.45, 2.75) is 70.9 Å². The Labute approximate surface area is 118 Å². The van der Waals surface area contributed by atoms with Crippen molar-refractivity contribution in [3.63, 3.8) is 0 Å². The van der Waals surface area contributed by atoms with Crippen LogP contribution >= 0.6 is 0 Å². The highest BCUT2D eigenvalue weighted by molar-refractivity contribution is 7.12. The molecule has 0 bridgehead atoms. The third-order valence-corrected chi connectivity index (χ3v) is 26.0. The zero-order valence-corrected chi connectivity index (χ0v) is 17.2. The van der Waals surface area contributed by atoms with Crippen LogP contribution in [-0.4, -0.2) is 37.9 Å². The van der Waals surface area contributed by atoms with Gasteiger partial charge in [0.25, 0.3) is 0 Å². The van der Waals surface area contributed by atoms with Gasteiger partial charge in [-0.05, 0) is 20.4 Å². The maximum Gasteiger partial charge on any atom is 0.335 e. The van der Waals surface area contributed by atoms with Gasteiger partial charge in [-0.15, -0.1) is 0 Å². The minimum atomic E-state index is -2.15. The quantitative estimate of drug-likeness (QED) is 0.638. The van der Waals surface area contributed by atoms with Gasteiger partial charge in [0.2, 0.25) is 0 Å². The fourth-order valence-electron chi connectivity index (χ4n) is 3.37.